The first-order chi connectivity index (χ1) is 6.49. The van der Waals surface area contributed by atoms with Crippen molar-refractivity contribution in [3.63, 3.8) is 0 Å². The standard InChI is InChI=1S/C12H16O2/c1-7-6-11(14-5)8(2)9(3)12(7)10(4)13/h6H,1-5H3. The van der Waals surface area contributed by atoms with Crippen LogP contribution in [0.25, 0.3) is 0 Å². The summed E-state index contributed by atoms with van der Waals surface area (Å²) in [5, 5.41) is 0. The summed E-state index contributed by atoms with van der Waals surface area (Å²) in [6.07, 6.45) is 0. The molecular weight excluding hydrogens is 176 g/mol. The first-order valence-corrected chi connectivity index (χ1v) is 4.64. The Morgan fingerprint density at radius 2 is 1.79 bits per heavy atom. The van der Waals surface area contributed by atoms with Gasteiger partial charge in [-0.25, -0.2) is 0 Å². The highest BCUT2D eigenvalue weighted by molar-refractivity contribution is 5.97. The summed E-state index contributed by atoms with van der Waals surface area (Å²) in [6, 6.07) is 1.92. The molecule has 0 heterocycles. The van der Waals surface area contributed by atoms with Gasteiger partial charge in [0.05, 0.1) is 7.11 Å². The fraction of sp³-hybridized carbons (Fsp3) is 0.417. The molecule has 0 spiro atoms. The molecule has 2 nitrogen and oxygen atoms in total. The minimum Gasteiger partial charge on any atom is -0.496 e. The van der Waals surface area contributed by atoms with Crippen LogP contribution in [-0.2, 0) is 0 Å². The van der Waals surface area contributed by atoms with E-state index in [0.29, 0.717) is 0 Å². The number of ketones is 1. The SMILES string of the molecule is COc1cc(C)c(C(C)=O)c(C)c1C. The summed E-state index contributed by atoms with van der Waals surface area (Å²) in [7, 11) is 1.65. The highest BCUT2D eigenvalue weighted by Gasteiger charge is 2.13. The van der Waals surface area contributed by atoms with Crippen molar-refractivity contribution in [1.29, 1.82) is 0 Å². The van der Waals surface area contributed by atoms with Crippen LogP contribution in [0.15, 0.2) is 6.07 Å². The van der Waals surface area contributed by atoms with Gasteiger partial charge in [-0.2, -0.15) is 0 Å². The molecule has 0 aliphatic carbocycles. The molecule has 0 unspecified atom stereocenters. The molecule has 0 N–H and O–H groups in total. The van der Waals surface area contributed by atoms with Crippen LogP contribution in [0.2, 0.25) is 0 Å². The monoisotopic (exact) mass is 192 g/mol. The summed E-state index contributed by atoms with van der Waals surface area (Å²) in [6.45, 7) is 7.47. The van der Waals surface area contributed by atoms with E-state index in [0.717, 1.165) is 28.0 Å². The Bertz CT molecular complexity index is 378. The van der Waals surface area contributed by atoms with Crippen LogP contribution in [0.4, 0.5) is 0 Å². The van der Waals surface area contributed by atoms with E-state index in [4.69, 9.17) is 4.74 Å². The molecule has 2 heteroatoms. The van der Waals surface area contributed by atoms with Crippen molar-refractivity contribution < 1.29 is 9.53 Å². The second-order valence-corrected chi connectivity index (χ2v) is 3.58. The number of benzene rings is 1. The van der Waals surface area contributed by atoms with E-state index in [1.807, 2.05) is 26.8 Å². The van der Waals surface area contributed by atoms with E-state index in [2.05, 4.69) is 0 Å². The van der Waals surface area contributed by atoms with Crippen LogP contribution >= 0.6 is 0 Å². The van der Waals surface area contributed by atoms with Crippen molar-refractivity contribution in [2.45, 2.75) is 27.7 Å². The van der Waals surface area contributed by atoms with E-state index < -0.39 is 0 Å². The summed E-state index contributed by atoms with van der Waals surface area (Å²) >= 11 is 0. The van der Waals surface area contributed by atoms with E-state index in [-0.39, 0.29) is 5.78 Å². The van der Waals surface area contributed by atoms with Crippen LogP contribution in [-0.4, -0.2) is 12.9 Å². The first-order valence-electron chi connectivity index (χ1n) is 4.64. The number of methoxy groups -OCH3 is 1. The molecular formula is C12H16O2. The van der Waals surface area contributed by atoms with Crippen molar-refractivity contribution in [1.82, 2.24) is 0 Å². The number of hydrogen-bond acceptors (Lipinski definition) is 2. The van der Waals surface area contributed by atoms with E-state index in [1.54, 1.807) is 14.0 Å². The Kier molecular flexibility index (Phi) is 2.94. The molecule has 0 fully saturated rings. The lowest BCUT2D eigenvalue weighted by atomic mass is 9.95. The average molecular weight is 192 g/mol. The van der Waals surface area contributed by atoms with Crippen molar-refractivity contribution in [2.75, 3.05) is 7.11 Å². The van der Waals surface area contributed by atoms with Gasteiger partial charge in [-0.1, -0.05) is 0 Å². The lowest BCUT2D eigenvalue weighted by molar-refractivity contribution is 0.101. The third kappa shape index (κ3) is 1.65. The number of ether oxygens (including phenoxy) is 1. The minimum absolute atomic E-state index is 0.116. The Labute approximate surface area is 84.9 Å². The summed E-state index contributed by atoms with van der Waals surface area (Å²) < 4.78 is 5.23. The highest BCUT2D eigenvalue weighted by Crippen LogP contribution is 2.27. The molecule has 0 aliphatic heterocycles. The Morgan fingerprint density at radius 1 is 1.21 bits per heavy atom. The van der Waals surface area contributed by atoms with Crippen LogP contribution in [0.5, 0.6) is 5.75 Å². The fourth-order valence-electron chi connectivity index (χ4n) is 1.80. The van der Waals surface area contributed by atoms with Gasteiger partial charge in [0.15, 0.2) is 5.78 Å². The molecule has 0 amide bonds. The maximum absolute atomic E-state index is 11.4. The van der Waals surface area contributed by atoms with E-state index in [1.165, 1.54) is 0 Å². The highest BCUT2D eigenvalue weighted by atomic mass is 16.5. The molecule has 14 heavy (non-hydrogen) atoms. The molecule has 1 rings (SSSR count). The molecule has 0 aliphatic rings. The quantitative estimate of drug-likeness (QED) is 0.673. The molecule has 0 saturated carbocycles. The molecule has 76 valence electrons. The van der Waals surface area contributed by atoms with Gasteiger partial charge in [-0.15, -0.1) is 0 Å². The third-order valence-corrected chi connectivity index (χ3v) is 2.62. The Hall–Kier alpha value is -1.31. The lowest BCUT2D eigenvalue weighted by Gasteiger charge is -2.13. The topological polar surface area (TPSA) is 26.3 Å². The largest absolute Gasteiger partial charge is 0.496 e. The van der Waals surface area contributed by atoms with Crippen LogP contribution in [0.1, 0.15) is 34.0 Å². The smallest absolute Gasteiger partial charge is 0.160 e. The van der Waals surface area contributed by atoms with Crippen molar-refractivity contribution >= 4 is 5.78 Å². The zero-order valence-corrected chi connectivity index (χ0v) is 9.39. The summed E-state index contributed by atoms with van der Waals surface area (Å²) in [5.41, 5.74) is 3.87. The predicted octanol–water partition coefficient (Wildman–Crippen LogP) is 2.82. The van der Waals surface area contributed by atoms with Crippen LogP contribution in [0, 0.1) is 20.8 Å². The van der Waals surface area contributed by atoms with Gasteiger partial charge in [0, 0.05) is 5.56 Å². The maximum atomic E-state index is 11.4. The van der Waals surface area contributed by atoms with Gasteiger partial charge < -0.3 is 4.74 Å². The molecule has 0 aromatic heterocycles. The van der Waals surface area contributed by atoms with Gasteiger partial charge in [0.1, 0.15) is 5.75 Å². The number of hydrogen-bond donors (Lipinski definition) is 0. The van der Waals surface area contributed by atoms with E-state index >= 15 is 0 Å². The zero-order chi connectivity index (χ0) is 10.9. The normalized spacial score (nSPS) is 10.1. The van der Waals surface area contributed by atoms with Crippen molar-refractivity contribution in [3.05, 3.63) is 28.3 Å². The number of Topliss-reactive ketones (excluding diaryl/α,β-unsaturated/α-hetero) is 1. The number of rotatable bonds is 2. The van der Waals surface area contributed by atoms with Crippen molar-refractivity contribution in [3.8, 4) is 5.75 Å². The molecule has 0 radical (unpaired) electrons. The predicted molar refractivity (Wildman–Crippen MR) is 57.2 cm³/mol. The molecule has 0 atom stereocenters. The van der Waals surface area contributed by atoms with Crippen molar-refractivity contribution in [2.24, 2.45) is 0 Å². The second-order valence-electron chi connectivity index (χ2n) is 3.58. The molecule has 1 aromatic carbocycles. The molecule has 1 aromatic rings. The summed E-state index contributed by atoms with van der Waals surface area (Å²) in [4.78, 5) is 11.4. The average Bonchev–Trinajstić information content (AvgIpc) is 2.10. The molecule has 0 saturated heterocycles. The summed E-state index contributed by atoms with van der Waals surface area (Å²) in [5.74, 6) is 0.968. The van der Waals surface area contributed by atoms with Gasteiger partial charge in [-0.05, 0) is 50.5 Å². The van der Waals surface area contributed by atoms with Crippen LogP contribution in [0.3, 0.4) is 0 Å². The zero-order valence-electron chi connectivity index (χ0n) is 9.39. The minimum atomic E-state index is 0.116. The van der Waals surface area contributed by atoms with Crippen LogP contribution < -0.4 is 4.74 Å². The number of carbonyl (C=O) groups excluding carboxylic acids is 1. The number of aryl methyl sites for hydroxylation is 1. The number of carbonyl (C=O) groups is 1. The lowest BCUT2D eigenvalue weighted by Crippen LogP contribution is -2.03. The fourth-order valence-corrected chi connectivity index (χ4v) is 1.80. The first kappa shape index (κ1) is 10.8. The third-order valence-electron chi connectivity index (χ3n) is 2.62. The van der Waals surface area contributed by atoms with E-state index in [9.17, 15) is 4.79 Å². The molecule has 0 bridgehead atoms. The Balaban J connectivity index is 3.49. The maximum Gasteiger partial charge on any atom is 0.160 e. The second kappa shape index (κ2) is 3.82. The van der Waals surface area contributed by atoms with Gasteiger partial charge in [0.25, 0.3) is 0 Å². The van der Waals surface area contributed by atoms with Gasteiger partial charge in [-0.3, -0.25) is 4.79 Å². The van der Waals surface area contributed by atoms with Gasteiger partial charge in [0.2, 0.25) is 0 Å². The van der Waals surface area contributed by atoms with Gasteiger partial charge >= 0.3 is 0 Å². The Morgan fingerprint density at radius 3 is 2.21 bits per heavy atom.